The molecule has 1 spiro atoms. The molecule has 4 heterocycles. The number of rotatable bonds is 8. The first kappa shape index (κ1) is 25.9. The summed E-state index contributed by atoms with van der Waals surface area (Å²) in [6, 6.07) is 13.6. The summed E-state index contributed by atoms with van der Waals surface area (Å²) in [4.78, 5) is 22.4. The van der Waals surface area contributed by atoms with Crippen LogP contribution in [0.3, 0.4) is 0 Å². The van der Waals surface area contributed by atoms with Crippen LogP contribution in [0.2, 0.25) is 0 Å². The lowest BCUT2D eigenvalue weighted by Crippen LogP contribution is -2.31. The number of aromatic carboxylic acids is 1. The van der Waals surface area contributed by atoms with Gasteiger partial charge >= 0.3 is 5.97 Å². The number of halogens is 1. The lowest BCUT2D eigenvalue weighted by Gasteiger charge is -2.28. The lowest BCUT2D eigenvalue weighted by molar-refractivity contribution is -0.0590. The van der Waals surface area contributed by atoms with Crippen LogP contribution in [-0.4, -0.2) is 38.3 Å². The van der Waals surface area contributed by atoms with Crippen molar-refractivity contribution in [2.45, 2.75) is 57.3 Å². The van der Waals surface area contributed by atoms with Crippen molar-refractivity contribution in [3.05, 3.63) is 81.9 Å². The number of fused-ring (bicyclic) bond motifs is 1. The van der Waals surface area contributed by atoms with E-state index in [-0.39, 0.29) is 23.7 Å². The van der Waals surface area contributed by atoms with Crippen LogP contribution in [0.15, 0.2) is 48.5 Å². The molecule has 2 aliphatic carbocycles. The molecular formula is C31H27FN4O4S. The van der Waals surface area contributed by atoms with Crippen LogP contribution in [0, 0.1) is 22.6 Å². The summed E-state index contributed by atoms with van der Waals surface area (Å²) < 4.78 is 28.0. The van der Waals surface area contributed by atoms with E-state index in [1.54, 1.807) is 24.3 Å². The third-order valence-electron chi connectivity index (χ3n) is 8.60. The number of carboxylic acid groups (broad SMARTS) is 1. The monoisotopic (exact) mass is 570 g/mol. The van der Waals surface area contributed by atoms with E-state index >= 15 is 0 Å². The molecule has 0 bridgehead atoms. The molecule has 7 rings (SSSR count). The van der Waals surface area contributed by atoms with Crippen molar-refractivity contribution in [1.29, 1.82) is 5.26 Å². The van der Waals surface area contributed by atoms with Gasteiger partial charge in [-0.05, 0) is 67.4 Å². The highest BCUT2D eigenvalue weighted by atomic mass is 32.1. The number of hydrogen-bond donors (Lipinski definition) is 1. The Bertz CT molecular complexity index is 1750. The molecule has 208 valence electrons. The zero-order chi connectivity index (χ0) is 28.1. The largest absolute Gasteiger partial charge is 0.477 e. The van der Waals surface area contributed by atoms with Crippen molar-refractivity contribution < 1.29 is 23.8 Å². The number of thiophene rings is 1. The zero-order valence-electron chi connectivity index (χ0n) is 22.2. The summed E-state index contributed by atoms with van der Waals surface area (Å²) in [7, 11) is 0. The summed E-state index contributed by atoms with van der Waals surface area (Å²) >= 11 is 1.29. The van der Waals surface area contributed by atoms with Crippen molar-refractivity contribution in [2.75, 3.05) is 6.61 Å². The molecule has 1 aromatic carbocycles. The molecule has 2 unspecified atom stereocenters. The van der Waals surface area contributed by atoms with Crippen molar-refractivity contribution in [3.8, 4) is 11.9 Å². The van der Waals surface area contributed by atoms with Gasteiger partial charge in [0, 0.05) is 24.2 Å². The second-order valence-electron chi connectivity index (χ2n) is 11.1. The molecule has 1 saturated carbocycles. The Hall–Kier alpha value is -4.07. The first-order chi connectivity index (χ1) is 19.9. The quantitative estimate of drug-likeness (QED) is 0.264. The van der Waals surface area contributed by atoms with Gasteiger partial charge in [0.05, 0.1) is 30.0 Å². The van der Waals surface area contributed by atoms with Crippen molar-refractivity contribution in [3.63, 3.8) is 0 Å². The first-order valence-electron chi connectivity index (χ1n) is 13.7. The molecule has 3 aromatic heterocycles. The van der Waals surface area contributed by atoms with Gasteiger partial charge in [0.2, 0.25) is 5.88 Å². The van der Waals surface area contributed by atoms with Gasteiger partial charge in [0.1, 0.15) is 33.5 Å². The number of carbonyl (C=O) groups is 1. The number of imidazole rings is 1. The third kappa shape index (κ3) is 4.79. The maximum absolute atomic E-state index is 14.2. The number of allylic oxidation sites excluding steroid dienone is 2. The number of carboxylic acids is 1. The summed E-state index contributed by atoms with van der Waals surface area (Å²) in [6.07, 6.45) is 7.35. The molecule has 1 aliphatic heterocycles. The Morgan fingerprint density at radius 3 is 2.88 bits per heavy atom. The molecule has 41 heavy (non-hydrogen) atoms. The van der Waals surface area contributed by atoms with Gasteiger partial charge in [-0.3, -0.25) is 0 Å². The highest BCUT2D eigenvalue weighted by Gasteiger charge is 2.56. The lowest BCUT2D eigenvalue weighted by atomic mass is 9.83. The number of hydrogen-bond acceptors (Lipinski definition) is 7. The molecule has 8 nitrogen and oxygen atoms in total. The van der Waals surface area contributed by atoms with Crippen molar-refractivity contribution >= 4 is 33.2 Å². The standard InChI is InChI=1S/C31H27FN4O4S/c32-23-12-18(15-33)4-5-20(23)17-40-27-3-1-2-24(34-27)19-6-9-31(10-7-19)14-22(31)28-35-25-13-26(30(37)38)41-29(25)36(28)16-21-8-11-39-21/h1-6,12-13,21-22H,7-11,14,16-17H2,(H,37,38)/t21-,22?,31?/m0/s1. The van der Waals surface area contributed by atoms with E-state index in [1.807, 2.05) is 18.2 Å². The van der Waals surface area contributed by atoms with Crippen LogP contribution in [0.4, 0.5) is 4.39 Å². The average molecular weight is 571 g/mol. The van der Waals surface area contributed by atoms with Crippen LogP contribution in [0.1, 0.15) is 70.3 Å². The van der Waals surface area contributed by atoms with Crippen LogP contribution >= 0.6 is 11.3 Å². The second-order valence-corrected chi connectivity index (χ2v) is 12.1. The van der Waals surface area contributed by atoms with Crippen LogP contribution in [-0.2, 0) is 17.9 Å². The highest BCUT2D eigenvalue weighted by Crippen LogP contribution is 2.66. The Kier molecular flexibility index (Phi) is 6.36. The molecule has 1 saturated heterocycles. The summed E-state index contributed by atoms with van der Waals surface area (Å²) in [5, 5.41) is 18.4. The van der Waals surface area contributed by atoms with E-state index in [4.69, 9.17) is 19.7 Å². The van der Waals surface area contributed by atoms with E-state index in [1.165, 1.54) is 23.0 Å². The molecular weight excluding hydrogens is 543 g/mol. The van der Waals surface area contributed by atoms with Crippen molar-refractivity contribution in [2.24, 2.45) is 5.41 Å². The fourth-order valence-electron chi connectivity index (χ4n) is 6.03. The molecule has 4 aromatic rings. The van der Waals surface area contributed by atoms with Crippen LogP contribution in [0.5, 0.6) is 5.88 Å². The summed E-state index contributed by atoms with van der Waals surface area (Å²) in [6.45, 7) is 1.51. The van der Waals surface area contributed by atoms with Gasteiger partial charge in [-0.1, -0.05) is 18.2 Å². The predicted molar refractivity (Wildman–Crippen MR) is 150 cm³/mol. The number of aromatic nitrogens is 3. The van der Waals surface area contributed by atoms with E-state index in [9.17, 15) is 14.3 Å². The van der Waals surface area contributed by atoms with Gasteiger partial charge < -0.3 is 19.1 Å². The molecule has 3 aliphatic rings. The van der Waals surface area contributed by atoms with E-state index in [2.05, 4.69) is 15.6 Å². The Labute approximate surface area is 239 Å². The van der Waals surface area contributed by atoms with Crippen molar-refractivity contribution in [1.82, 2.24) is 14.5 Å². The summed E-state index contributed by atoms with van der Waals surface area (Å²) in [5.74, 6) is 0.427. The third-order valence-corrected chi connectivity index (χ3v) is 9.73. The van der Waals surface area contributed by atoms with Gasteiger partial charge in [0.25, 0.3) is 0 Å². The van der Waals surface area contributed by atoms with Gasteiger partial charge in [0.15, 0.2) is 0 Å². The van der Waals surface area contributed by atoms with Gasteiger partial charge in [-0.15, -0.1) is 11.3 Å². The minimum Gasteiger partial charge on any atom is -0.477 e. The number of benzene rings is 1. The smallest absolute Gasteiger partial charge is 0.346 e. The molecule has 0 radical (unpaired) electrons. The van der Waals surface area contributed by atoms with Crippen LogP contribution in [0.25, 0.3) is 15.9 Å². The predicted octanol–water partition coefficient (Wildman–Crippen LogP) is 6.31. The Balaban J connectivity index is 1.06. The summed E-state index contributed by atoms with van der Waals surface area (Å²) in [5.41, 5.74) is 3.60. The normalized spacial score (nSPS) is 23.2. The zero-order valence-corrected chi connectivity index (χ0v) is 23.0. The number of nitriles is 1. The first-order valence-corrected chi connectivity index (χ1v) is 14.6. The average Bonchev–Trinajstić information content (AvgIpc) is 3.30. The molecule has 2 fully saturated rings. The van der Waals surface area contributed by atoms with E-state index < -0.39 is 11.8 Å². The highest BCUT2D eigenvalue weighted by molar-refractivity contribution is 7.20. The van der Waals surface area contributed by atoms with E-state index in [0.29, 0.717) is 28.8 Å². The van der Waals surface area contributed by atoms with E-state index in [0.717, 1.165) is 60.6 Å². The molecule has 3 atom stereocenters. The fourth-order valence-corrected chi connectivity index (χ4v) is 6.99. The number of nitrogens with zero attached hydrogens (tertiary/aromatic N) is 4. The molecule has 0 amide bonds. The second kappa shape index (κ2) is 10.1. The fraction of sp³-hybridized carbons (Fsp3) is 0.355. The van der Waals surface area contributed by atoms with Crippen LogP contribution < -0.4 is 4.74 Å². The van der Waals surface area contributed by atoms with Gasteiger partial charge in [-0.25, -0.2) is 19.2 Å². The number of pyridine rings is 1. The topological polar surface area (TPSA) is 110 Å². The minimum absolute atomic E-state index is 0.0296. The van der Waals surface area contributed by atoms with Gasteiger partial charge in [-0.2, -0.15) is 5.26 Å². The SMILES string of the molecule is N#Cc1ccc(COc2cccc(C3=CCC4(CC3)CC4c3nc4cc(C(=O)O)sc4n3C[C@@H]3CCO3)n2)c(F)c1. The molecule has 10 heteroatoms. The Morgan fingerprint density at radius 1 is 1.29 bits per heavy atom. The number of ether oxygens (including phenoxy) is 2. The maximum atomic E-state index is 14.2. The maximum Gasteiger partial charge on any atom is 0.346 e. The Morgan fingerprint density at radius 2 is 2.17 bits per heavy atom. The minimum atomic E-state index is -0.918. The molecule has 1 N–H and O–H groups in total.